The van der Waals surface area contributed by atoms with Crippen molar-refractivity contribution in [1.82, 2.24) is 4.72 Å². The number of aryl methyl sites for hydroxylation is 1. The van der Waals surface area contributed by atoms with Crippen LogP contribution in [0.3, 0.4) is 0 Å². The van der Waals surface area contributed by atoms with Crippen LogP contribution in [-0.4, -0.2) is 26.0 Å². The first-order valence-electron chi connectivity index (χ1n) is 9.21. The highest BCUT2D eigenvalue weighted by atomic mass is 32.2. The van der Waals surface area contributed by atoms with Crippen molar-refractivity contribution in [2.24, 2.45) is 11.8 Å². The van der Waals surface area contributed by atoms with Gasteiger partial charge in [0.05, 0.1) is 0 Å². The summed E-state index contributed by atoms with van der Waals surface area (Å²) >= 11 is 0. The van der Waals surface area contributed by atoms with E-state index < -0.39 is 39.9 Å². The van der Waals surface area contributed by atoms with Crippen LogP contribution in [0.4, 0.5) is 10.1 Å². The van der Waals surface area contributed by atoms with Crippen molar-refractivity contribution in [2.75, 3.05) is 10.8 Å². The van der Waals surface area contributed by atoms with E-state index in [9.17, 15) is 18.3 Å². The lowest BCUT2D eigenvalue weighted by molar-refractivity contribution is -0.117. The Balaban J connectivity index is 1.59. The maximum absolute atomic E-state index is 15.2. The van der Waals surface area contributed by atoms with E-state index in [4.69, 9.17) is 0 Å². The number of anilines is 1. The minimum absolute atomic E-state index is 0.378. The first-order valence-corrected chi connectivity index (χ1v) is 10.7. The summed E-state index contributed by atoms with van der Waals surface area (Å²) in [5.74, 6) is -0.625. The summed E-state index contributed by atoms with van der Waals surface area (Å²) in [6.45, 7) is -0.517. The molecule has 0 radical (unpaired) electrons. The summed E-state index contributed by atoms with van der Waals surface area (Å²) in [5, 5.41) is 10.2. The predicted octanol–water partition coefficient (Wildman–Crippen LogP) is 2.40. The Labute approximate surface area is 152 Å². The van der Waals surface area contributed by atoms with Crippen molar-refractivity contribution in [3.63, 3.8) is 0 Å². The van der Waals surface area contributed by atoms with Crippen LogP contribution in [0.5, 0.6) is 5.75 Å². The third-order valence-corrected chi connectivity index (χ3v) is 7.10. The summed E-state index contributed by atoms with van der Waals surface area (Å²) in [7, 11) is -4.16. The van der Waals surface area contributed by atoms with Gasteiger partial charge in [0.2, 0.25) is 0 Å². The van der Waals surface area contributed by atoms with E-state index in [-0.39, 0.29) is 0 Å². The molecule has 1 saturated heterocycles. The number of phenolic OH excluding ortho intramolecular Hbond substituents is 1. The SMILES string of the molecule is O=C1CN(c2c(O)cc3c(c2F)C[C@@H](CCCC2CC2)CC3)S(=O)(=O)N1. The number of amides is 1. The Morgan fingerprint density at radius 1 is 1.23 bits per heavy atom. The maximum Gasteiger partial charge on any atom is 0.326 e. The number of phenols is 1. The molecule has 1 aliphatic heterocycles. The molecule has 4 rings (SSSR count). The second-order valence-electron chi connectivity index (χ2n) is 7.72. The van der Waals surface area contributed by atoms with Gasteiger partial charge < -0.3 is 5.11 Å². The van der Waals surface area contributed by atoms with Crippen LogP contribution in [0.15, 0.2) is 6.07 Å². The lowest BCUT2D eigenvalue weighted by atomic mass is 9.80. The molecule has 1 heterocycles. The van der Waals surface area contributed by atoms with E-state index >= 15 is 4.39 Å². The molecule has 142 valence electrons. The number of rotatable bonds is 5. The van der Waals surface area contributed by atoms with Gasteiger partial charge in [0.1, 0.15) is 18.0 Å². The van der Waals surface area contributed by atoms with E-state index in [0.29, 0.717) is 28.6 Å². The molecule has 8 heteroatoms. The van der Waals surface area contributed by atoms with E-state index in [1.807, 2.05) is 4.72 Å². The number of halogens is 1. The first-order chi connectivity index (χ1) is 12.3. The van der Waals surface area contributed by atoms with Crippen molar-refractivity contribution < 1.29 is 22.7 Å². The van der Waals surface area contributed by atoms with Crippen LogP contribution in [0.1, 0.15) is 49.7 Å². The lowest BCUT2D eigenvalue weighted by Gasteiger charge is -2.27. The normalized spacial score (nSPS) is 24.4. The van der Waals surface area contributed by atoms with Gasteiger partial charge in [-0.15, -0.1) is 0 Å². The number of hydrogen-bond donors (Lipinski definition) is 2. The fourth-order valence-corrected chi connectivity index (χ4v) is 5.31. The molecule has 1 aromatic rings. The Kier molecular flexibility index (Phi) is 4.33. The fourth-order valence-electron chi connectivity index (χ4n) is 4.14. The van der Waals surface area contributed by atoms with Gasteiger partial charge in [0.25, 0.3) is 5.91 Å². The number of carbonyl (C=O) groups is 1. The van der Waals surface area contributed by atoms with Crippen LogP contribution in [0, 0.1) is 17.7 Å². The largest absolute Gasteiger partial charge is 0.506 e. The highest BCUT2D eigenvalue weighted by Crippen LogP contribution is 2.42. The molecule has 2 fully saturated rings. The monoisotopic (exact) mass is 382 g/mol. The molecule has 2 aliphatic carbocycles. The Morgan fingerprint density at radius 2 is 1.96 bits per heavy atom. The number of hydrogen-bond acceptors (Lipinski definition) is 4. The van der Waals surface area contributed by atoms with Gasteiger partial charge in [-0.3, -0.25) is 4.79 Å². The molecule has 1 saturated carbocycles. The molecule has 0 spiro atoms. The van der Waals surface area contributed by atoms with Crippen LogP contribution < -0.4 is 9.03 Å². The van der Waals surface area contributed by atoms with Crippen LogP contribution in [0.2, 0.25) is 0 Å². The summed E-state index contributed by atoms with van der Waals surface area (Å²) in [6, 6.07) is 1.45. The molecule has 3 aliphatic rings. The quantitative estimate of drug-likeness (QED) is 0.819. The summed E-state index contributed by atoms with van der Waals surface area (Å²) in [6.07, 6.45) is 8.30. The van der Waals surface area contributed by atoms with Gasteiger partial charge in [0, 0.05) is 0 Å². The Morgan fingerprint density at radius 3 is 2.62 bits per heavy atom. The standard InChI is InChI=1S/C18H23FN2O4S/c19-17-14-8-12(3-1-2-11-4-5-11)6-7-13(14)9-15(22)18(17)21-10-16(23)20-26(21,24)25/h9,11-12,22H,1-8,10H2,(H,20,23)/t12-/m0/s1. The molecule has 0 bridgehead atoms. The zero-order valence-electron chi connectivity index (χ0n) is 14.5. The van der Waals surface area contributed by atoms with Crippen molar-refractivity contribution >= 4 is 21.8 Å². The van der Waals surface area contributed by atoms with E-state index in [0.717, 1.165) is 30.7 Å². The molecule has 1 amide bonds. The third-order valence-electron chi connectivity index (χ3n) is 5.72. The molecule has 6 nitrogen and oxygen atoms in total. The lowest BCUT2D eigenvalue weighted by Crippen LogP contribution is -2.31. The molecule has 0 aromatic heterocycles. The topological polar surface area (TPSA) is 86.7 Å². The number of nitrogens with one attached hydrogen (secondary N) is 1. The van der Waals surface area contributed by atoms with Crippen molar-refractivity contribution in [1.29, 1.82) is 0 Å². The minimum Gasteiger partial charge on any atom is -0.506 e. The van der Waals surface area contributed by atoms with Gasteiger partial charge in [-0.05, 0) is 48.3 Å². The summed E-state index contributed by atoms with van der Waals surface area (Å²) in [5.41, 5.74) is 0.800. The van der Waals surface area contributed by atoms with Gasteiger partial charge in [0.15, 0.2) is 5.82 Å². The molecular formula is C18H23FN2O4S. The Hall–Kier alpha value is -1.83. The van der Waals surface area contributed by atoms with Crippen molar-refractivity contribution in [3.8, 4) is 5.75 Å². The number of nitrogens with zero attached hydrogens (tertiary/aromatic N) is 1. The number of aromatic hydroxyl groups is 1. The molecule has 0 unspecified atom stereocenters. The van der Waals surface area contributed by atoms with Crippen LogP contribution in [0.25, 0.3) is 0 Å². The molecule has 26 heavy (non-hydrogen) atoms. The average molecular weight is 382 g/mol. The summed E-state index contributed by atoms with van der Waals surface area (Å²) < 4.78 is 41.7. The number of benzene rings is 1. The van der Waals surface area contributed by atoms with Gasteiger partial charge in [-0.1, -0.05) is 32.1 Å². The number of fused-ring (bicyclic) bond motifs is 1. The summed E-state index contributed by atoms with van der Waals surface area (Å²) in [4.78, 5) is 11.4. The van der Waals surface area contributed by atoms with Gasteiger partial charge in [-0.25, -0.2) is 13.4 Å². The molecule has 1 atom stereocenters. The van der Waals surface area contributed by atoms with E-state index in [2.05, 4.69) is 0 Å². The average Bonchev–Trinajstić information content (AvgIpc) is 3.33. The maximum atomic E-state index is 15.2. The second kappa shape index (κ2) is 6.40. The number of carbonyl (C=O) groups excluding carboxylic acids is 1. The van der Waals surface area contributed by atoms with Crippen LogP contribution in [-0.2, 0) is 27.8 Å². The zero-order valence-corrected chi connectivity index (χ0v) is 15.3. The molecular weight excluding hydrogens is 359 g/mol. The highest BCUT2D eigenvalue weighted by Gasteiger charge is 2.39. The van der Waals surface area contributed by atoms with Crippen LogP contribution >= 0.6 is 0 Å². The zero-order chi connectivity index (χ0) is 18.5. The van der Waals surface area contributed by atoms with Gasteiger partial charge >= 0.3 is 10.2 Å². The van der Waals surface area contributed by atoms with Gasteiger partial charge in [-0.2, -0.15) is 8.42 Å². The Bertz CT molecular complexity index is 851. The smallest absolute Gasteiger partial charge is 0.326 e. The molecule has 1 aromatic carbocycles. The van der Waals surface area contributed by atoms with Crippen molar-refractivity contribution in [2.45, 2.75) is 51.4 Å². The van der Waals surface area contributed by atoms with Crippen molar-refractivity contribution in [3.05, 3.63) is 23.0 Å². The highest BCUT2D eigenvalue weighted by molar-refractivity contribution is 7.92. The third kappa shape index (κ3) is 3.26. The second-order valence-corrected chi connectivity index (χ2v) is 9.31. The first kappa shape index (κ1) is 17.6. The minimum atomic E-state index is -4.16. The van der Waals surface area contributed by atoms with E-state index in [1.165, 1.54) is 25.3 Å². The van der Waals surface area contributed by atoms with E-state index in [1.54, 1.807) is 0 Å². The molecule has 2 N–H and O–H groups in total. The fraction of sp³-hybridized carbons (Fsp3) is 0.611. The predicted molar refractivity (Wildman–Crippen MR) is 94.6 cm³/mol.